The summed E-state index contributed by atoms with van der Waals surface area (Å²) >= 11 is 0. The van der Waals surface area contributed by atoms with Gasteiger partial charge in [-0.1, -0.05) is 18.9 Å². The first-order chi connectivity index (χ1) is 12.6. The van der Waals surface area contributed by atoms with Gasteiger partial charge in [0.1, 0.15) is 11.6 Å². The summed E-state index contributed by atoms with van der Waals surface area (Å²) in [6.07, 6.45) is 9.10. The maximum absolute atomic E-state index is 14.1. The van der Waals surface area contributed by atoms with Gasteiger partial charge >= 0.3 is 0 Å². The first-order valence-corrected chi connectivity index (χ1v) is 10.1. The average Bonchev–Trinajstić information content (AvgIpc) is 3.24. The summed E-state index contributed by atoms with van der Waals surface area (Å²) in [6, 6.07) is 5.16. The summed E-state index contributed by atoms with van der Waals surface area (Å²) < 4.78 is 28.3. The summed E-state index contributed by atoms with van der Waals surface area (Å²) in [6.45, 7) is 0.0554. The highest BCUT2D eigenvalue weighted by Crippen LogP contribution is 2.34. The maximum atomic E-state index is 14.1. The molecule has 1 aromatic carbocycles. The van der Waals surface area contributed by atoms with Gasteiger partial charge in [-0.25, -0.2) is 8.78 Å². The highest BCUT2D eigenvalue weighted by atomic mass is 19.1. The fourth-order valence-electron chi connectivity index (χ4n) is 5.20. The monoisotopic (exact) mass is 362 g/mol. The minimum atomic E-state index is -0.555. The highest BCUT2D eigenvalue weighted by molar-refractivity contribution is 5.77. The number of fused-ring (bicyclic) bond motifs is 2. The Kier molecular flexibility index (Phi) is 5.25. The Hall–Kier alpha value is -1.49. The molecule has 5 heteroatoms. The molecule has 2 atom stereocenters. The zero-order chi connectivity index (χ0) is 18.1. The van der Waals surface area contributed by atoms with Crippen molar-refractivity contribution in [2.45, 2.75) is 82.5 Å². The lowest BCUT2D eigenvalue weighted by Gasteiger charge is -2.33. The fourth-order valence-corrected chi connectivity index (χ4v) is 5.20. The minimum absolute atomic E-state index is 0.0260. The van der Waals surface area contributed by atoms with Crippen LogP contribution in [0.15, 0.2) is 18.2 Å². The Labute approximate surface area is 154 Å². The predicted octanol–water partition coefficient (Wildman–Crippen LogP) is 4.16. The lowest BCUT2D eigenvalue weighted by Crippen LogP contribution is -2.43. The van der Waals surface area contributed by atoms with E-state index in [4.69, 9.17) is 0 Å². The van der Waals surface area contributed by atoms with E-state index >= 15 is 0 Å². The molecule has 0 aromatic heterocycles. The van der Waals surface area contributed by atoms with Crippen LogP contribution in [0, 0.1) is 17.6 Å². The number of halogens is 2. The number of piperidine rings is 1. The standard InChI is InChI=1S/C21H28F2N2O/c22-19-6-3-7-20(23)18(19)13-25(17-4-1-2-5-17)21(26)12-14-10-15-8-9-16(11-14)24-15/h3,6-7,14-17,24H,1-2,4-5,8-13H2. The van der Waals surface area contributed by atoms with Gasteiger partial charge in [-0.3, -0.25) is 4.79 Å². The molecule has 2 aliphatic heterocycles. The molecule has 0 radical (unpaired) electrons. The van der Waals surface area contributed by atoms with Crippen molar-refractivity contribution in [2.24, 2.45) is 5.92 Å². The third kappa shape index (κ3) is 3.78. The van der Waals surface area contributed by atoms with Crippen LogP contribution < -0.4 is 5.32 Å². The topological polar surface area (TPSA) is 32.3 Å². The Morgan fingerprint density at radius 3 is 2.27 bits per heavy atom. The van der Waals surface area contributed by atoms with E-state index in [0.717, 1.165) is 38.5 Å². The van der Waals surface area contributed by atoms with E-state index < -0.39 is 11.6 Å². The molecule has 3 fully saturated rings. The van der Waals surface area contributed by atoms with Gasteiger partial charge in [0.25, 0.3) is 0 Å². The molecule has 1 aliphatic carbocycles. The van der Waals surface area contributed by atoms with Gasteiger partial charge in [-0.2, -0.15) is 0 Å². The van der Waals surface area contributed by atoms with Gasteiger partial charge < -0.3 is 10.2 Å². The third-order valence-electron chi connectivity index (χ3n) is 6.51. The molecule has 1 amide bonds. The molecule has 2 bridgehead atoms. The Morgan fingerprint density at radius 1 is 1.04 bits per heavy atom. The summed E-state index contributed by atoms with van der Waals surface area (Å²) in [4.78, 5) is 14.9. The second-order valence-electron chi connectivity index (χ2n) is 8.34. The van der Waals surface area contributed by atoms with Crippen LogP contribution in [0.2, 0.25) is 0 Å². The molecule has 142 valence electrons. The van der Waals surface area contributed by atoms with Gasteiger partial charge in [0.15, 0.2) is 0 Å². The van der Waals surface area contributed by atoms with Crippen molar-refractivity contribution in [3.63, 3.8) is 0 Å². The highest BCUT2D eigenvalue weighted by Gasteiger charge is 2.36. The number of hydrogen-bond donors (Lipinski definition) is 1. The molecular formula is C21H28F2N2O. The molecule has 4 rings (SSSR count). The van der Waals surface area contributed by atoms with E-state index in [2.05, 4.69) is 5.32 Å². The smallest absolute Gasteiger partial charge is 0.223 e. The first-order valence-electron chi connectivity index (χ1n) is 10.1. The zero-order valence-electron chi connectivity index (χ0n) is 15.2. The number of carbonyl (C=O) groups is 1. The first kappa shape index (κ1) is 17.9. The lowest BCUT2D eigenvalue weighted by molar-refractivity contribution is -0.135. The van der Waals surface area contributed by atoms with Gasteiger partial charge in [0, 0.05) is 30.1 Å². The molecule has 1 aromatic rings. The van der Waals surface area contributed by atoms with Crippen LogP contribution in [0.4, 0.5) is 8.78 Å². The van der Waals surface area contributed by atoms with E-state index in [1.54, 1.807) is 4.90 Å². The van der Waals surface area contributed by atoms with Crippen LogP contribution in [0.25, 0.3) is 0 Å². The summed E-state index contributed by atoms with van der Waals surface area (Å²) in [7, 11) is 0. The van der Waals surface area contributed by atoms with Crippen LogP contribution in [0.5, 0.6) is 0 Å². The molecule has 0 spiro atoms. The molecule has 3 aliphatic rings. The number of rotatable bonds is 5. The Morgan fingerprint density at radius 2 is 1.65 bits per heavy atom. The van der Waals surface area contributed by atoms with E-state index in [9.17, 15) is 13.6 Å². The number of nitrogens with zero attached hydrogens (tertiary/aromatic N) is 1. The van der Waals surface area contributed by atoms with Crippen LogP contribution >= 0.6 is 0 Å². The van der Waals surface area contributed by atoms with E-state index in [1.165, 1.54) is 31.0 Å². The maximum Gasteiger partial charge on any atom is 0.223 e. The second-order valence-corrected chi connectivity index (χ2v) is 8.34. The second kappa shape index (κ2) is 7.63. The summed E-state index contributed by atoms with van der Waals surface area (Å²) in [5, 5.41) is 3.61. The third-order valence-corrected chi connectivity index (χ3v) is 6.51. The van der Waals surface area contributed by atoms with Crippen molar-refractivity contribution in [1.29, 1.82) is 0 Å². The van der Waals surface area contributed by atoms with Gasteiger partial charge in [0.05, 0.1) is 6.54 Å². The summed E-state index contributed by atoms with van der Waals surface area (Å²) in [5.74, 6) is -0.636. The van der Waals surface area contributed by atoms with E-state index in [0.29, 0.717) is 24.4 Å². The molecule has 2 unspecified atom stereocenters. The Bertz CT molecular complexity index is 627. The molecular weight excluding hydrogens is 334 g/mol. The molecule has 2 saturated heterocycles. The number of carbonyl (C=O) groups excluding carboxylic acids is 1. The molecule has 26 heavy (non-hydrogen) atoms. The van der Waals surface area contributed by atoms with Crippen LogP contribution in [0.1, 0.15) is 63.4 Å². The largest absolute Gasteiger partial charge is 0.335 e. The fraction of sp³-hybridized carbons (Fsp3) is 0.667. The van der Waals surface area contributed by atoms with Crippen molar-refractivity contribution in [2.75, 3.05) is 0 Å². The number of nitrogens with one attached hydrogen (secondary N) is 1. The summed E-state index contributed by atoms with van der Waals surface area (Å²) in [5.41, 5.74) is 0.0260. The SMILES string of the molecule is O=C(CC1CC2CCC(C1)N2)N(Cc1c(F)cccc1F)C1CCCC1. The van der Waals surface area contributed by atoms with E-state index in [1.807, 2.05) is 0 Å². The Balaban J connectivity index is 1.48. The lowest BCUT2D eigenvalue weighted by atomic mass is 9.89. The number of hydrogen-bond acceptors (Lipinski definition) is 2. The molecule has 1 saturated carbocycles. The van der Waals surface area contributed by atoms with Gasteiger partial charge in [0.2, 0.25) is 5.91 Å². The van der Waals surface area contributed by atoms with Crippen LogP contribution in [0.3, 0.4) is 0 Å². The van der Waals surface area contributed by atoms with Crippen LogP contribution in [-0.4, -0.2) is 28.9 Å². The average molecular weight is 362 g/mol. The normalized spacial score (nSPS) is 28.5. The molecule has 1 N–H and O–H groups in total. The van der Waals surface area contributed by atoms with Crippen molar-refractivity contribution >= 4 is 5.91 Å². The van der Waals surface area contributed by atoms with E-state index in [-0.39, 0.29) is 24.1 Å². The number of amides is 1. The number of benzene rings is 1. The quantitative estimate of drug-likeness (QED) is 0.853. The van der Waals surface area contributed by atoms with Crippen molar-refractivity contribution in [3.8, 4) is 0 Å². The van der Waals surface area contributed by atoms with Gasteiger partial charge in [-0.15, -0.1) is 0 Å². The van der Waals surface area contributed by atoms with Crippen molar-refractivity contribution < 1.29 is 13.6 Å². The molecule has 3 nitrogen and oxygen atoms in total. The minimum Gasteiger partial charge on any atom is -0.335 e. The van der Waals surface area contributed by atoms with Crippen molar-refractivity contribution in [1.82, 2.24) is 10.2 Å². The van der Waals surface area contributed by atoms with Crippen LogP contribution in [-0.2, 0) is 11.3 Å². The van der Waals surface area contributed by atoms with Gasteiger partial charge in [-0.05, 0) is 56.6 Å². The predicted molar refractivity (Wildman–Crippen MR) is 96.5 cm³/mol. The zero-order valence-corrected chi connectivity index (χ0v) is 15.2. The van der Waals surface area contributed by atoms with Crippen molar-refractivity contribution in [3.05, 3.63) is 35.4 Å². The molecule has 2 heterocycles.